The molecule has 96 valence electrons. The minimum absolute atomic E-state index is 0.0251. The molecule has 6 nitrogen and oxygen atoms in total. The van der Waals surface area contributed by atoms with E-state index in [4.69, 9.17) is 11.6 Å². The second-order valence-electron chi connectivity index (χ2n) is 3.63. The van der Waals surface area contributed by atoms with Gasteiger partial charge in [-0.25, -0.2) is 4.79 Å². The molecule has 18 heavy (non-hydrogen) atoms. The van der Waals surface area contributed by atoms with Gasteiger partial charge in [-0.05, 0) is 0 Å². The standard InChI is InChI=1S/C10H11ClN3O3P/c1-13-3-5-8(12-13)7(11)6(10(16)17-2)9(15)14(5)4-18/h3H,4,18H2,1-2H3. The molecule has 0 aliphatic rings. The predicted octanol–water partition coefficient (Wildman–Crippen LogP) is 1.01. The van der Waals surface area contributed by atoms with Crippen LogP contribution in [-0.2, 0) is 18.1 Å². The number of nitrogens with zero attached hydrogens (tertiary/aromatic N) is 3. The molecule has 0 aliphatic carbocycles. The van der Waals surface area contributed by atoms with E-state index in [-0.39, 0.29) is 10.6 Å². The summed E-state index contributed by atoms with van der Waals surface area (Å²) >= 11 is 6.07. The van der Waals surface area contributed by atoms with Crippen molar-refractivity contribution in [1.29, 1.82) is 0 Å². The molecule has 0 amide bonds. The maximum absolute atomic E-state index is 12.2. The zero-order valence-electron chi connectivity index (χ0n) is 9.81. The third kappa shape index (κ3) is 1.82. The van der Waals surface area contributed by atoms with Gasteiger partial charge in [0, 0.05) is 19.5 Å². The normalized spacial score (nSPS) is 10.9. The molecular weight excluding hydrogens is 277 g/mol. The van der Waals surface area contributed by atoms with E-state index in [0.29, 0.717) is 17.3 Å². The number of hydrogen-bond donors (Lipinski definition) is 0. The van der Waals surface area contributed by atoms with Gasteiger partial charge in [0.2, 0.25) is 0 Å². The Morgan fingerprint density at radius 3 is 2.83 bits per heavy atom. The molecule has 0 spiro atoms. The molecule has 2 aromatic rings. The third-order valence-corrected chi connectivity index (χ3v) is 3.29. The zero-order valence-corrected chi connectivity index (χ0v) is 11.7. The summed E-state index contributed by atoms with van der Waals surface area (Å²) in [5.41, 5.74) is 0.312. The third-order valence-electron chi connectivity index (χ3n) is 2.56. The van der Waals surface area contributed by atoms with Crippen LogP contribution in [-0.4, -0.2) is 27.4 Å². The Hall–Kier alpha value is -1.39. The fourth-order valence-electron chi connectivity index (χ4n) is 1.75. The molecule has 0 saturated carbocycles. The van der Waals surface area contributed by atoms with E-state index < -0.39 is 11.5 Å². The monoisotopic (exact) mass is 287 g/mol. The molecule has 8 heteroatoms. The second kappa shape index (κ2) is 4.71. The Morgan fingerprint density at radius 2 is 2.28 bits per heavy atom. The maximum atomic E-state index is 12.2. The lowest BCUT2D eigenvalue weighted by molar-refractivity contribution is 0.0598. The van der Waals surface area contributed by atoms with E-state index in [1.807, 2.05) is 0 Å². The Kier molecular flexibility index (Phi) is 3.41. The summed E-state index contributed by atoms with van der Waals surface area (Å²) in [6.45, 7) is 0. The van der Waals surface area contributed by atoms with Crippen molar-refractivity contribution in [2.45, 2.75) is 6.29 Å². The van der Waals surface area contributed by atoms with Gasteiger partial charge >= 0.3 is 5.97 Å². The first kappa shape index (κ1) is 13.1. The maximum Gasteiger partial charge on any atom is 0.345 e. The number of rotatable bonds is 2. The number of carbonyl (C=O) groups is 1. The molecule has 0 fully saturated rings. The van der Waals surface area contributed by atoms with Gasteiger partial charge in [-0.15, -0.1) is 9.24 Å². The lowest BCUT2D eigenvalue weighted by Gasteiger charge is -2.08. The fraction of sp³-hybridized carbons (Fsp3) is 0.300. The summed E-state index contributed by atoms with van der Waals surface area (Å²) in [6, 6.07) is 0. The number of pyridine rings is 1. The van der Waals surface area contributed by atoms with E-state index in [0.717, 1.165) is 0 Å². The van der Waals surface area contributed by atoms with Crippen molar-refractivity contribution in [1.82, 2.24) is 14.3 Å². The first-order valence-corrected chi connectivity index (χ1v) is 6.24. The fourth-order valence-corrected chi connectivity index (χ4v) is 2.40. The summed E-state index contributed by atoms with van der Waals surface area (Å²) in [7, 11) is 5.34. The van der Waals surface area contributed by atoms with E-state index in [2.05, 4.69) is 19.1 Å². The van der Waals surface area contributed by atoms with Gasteiger partial charge < -0.3 is 9.30 Å². The Bertz CT molecular complexity index is 692. The topological polar surface area (TPSA) is 66.1 Å². The Labute approximate surface area is 110 Å². The van der Waals surface area contributed by atoms with Gasteiger partial charge in [-0.2, -0.15) is 5.10 Å². The highest BCUT2D eigenvalue weighted by Gasteiger charge is 2.23. The highest BCUT2D eigenvalue weighted by molar-refractivity contribution is 7.15. The van der Waals surface area contributed by atoms with Crippen LogP contribution in [0.3, 0.4) is 0 Å². The number of fused-ring (bicyclic) bond motifs is 1. The lowest BCUT2D eigenvalue weighted by atomic mass is 10.2. The Balaban J connectivity index is 2.96. The molecule has 0 radical (unpaired) electrons. The minimum Gasteiger partial charge on any atom is -0.465 e. The predicted molar refractivity (Wildman–Crippen MR) is 71.0 cm³/mol. The van der Waals surface area contributed by atoms with Crippen LogP contribution in [0.25, 0.3) is 11.0 Å². The van der Waals surface area contributed by atoms with Gasteiger partial charge in [0.05, 0.1) is 17.6 Å². The average molecular weight is 288 g/mol. The number of methoxy groups -OCH3 is 1. The number of ether oxygens (including phenoxy) is 1. The number of aryl methyl sites for hydroxylation is 1. The van der Waals surface area contributed by atoms with Crippen LogP contribution in [0.2, 0.25) is 5.02 Å². The molecule has 0 aromatic carbocycles. The molecule has 0 aliphatic heterocycles. The molecule has 0 N–H and O–H groups in total. The van der Waals surface area contributed by atoms with E-state index in [9.17, 15) is 9.59 Å². The molecule has 1 atom stereocenters. The molecule has 0 saturated heterocycles. The van der Waals surface area contributed by atoms with E-state index in [1.54, 1.807) is 13.2 Å². The summed E-state index contributed by atoms with van der Waals surface area (Å²) < 4.78 is 7.52. The van der Waals surface area contributed by atoms with Gasteiger partial charge in [0.1, 0.15) is 11.1 Å². The summed E-state index contributed by atoms with van der Waals surface area (Å²) in [5.74, 6) is -0.759. The van der Waals surface area contributed by atoms with Crippen molar-refractivity contribution < 1.29 is 9.53 Å². The van der Waals surface area contributed by atoms with Gasteiger partial charge in [-0.1, -0.05) is 11.6 Å². The molecule has 2 heterocycles. The summed E-state index contributed by atoms with van der Waals surface area (Å²) in [6.07, 6.45) is 2.01. The molecule has 2 aromatic heterocycles. The second-order valence-corrected chi connectivity index (χ2v) is 4.38. The van der Waals surface area contributed by atoms with Crippen LogP contribution in [0.1, 0.15) is 10.4 Å². The van der Waals surface area contributed by atoms with Crippen LogP contribution in [0.4, 0.5) is 0 Å². The van der Waals surface area contributed by atoms with Crippen molar-refractivity contribution in [2.75, 3.05) is 7.11 Å². The van der Waals surface area contributed by atoms with Crippen molar-refractivity contribution in [3.63, 3.8) is 0 Å². The van der Waals surface area contributed by atoms with Gasteiger partial charge in [0.15, 0.2) is 0 Å². The molecule has 0 bridgehead atoms. The van der Waals surface area contributed by atoms with Crippen LogP contribution in [0.5, 0.6) is 0 Å². The van der Waals surface area contributed by atoms with Crippen LogP contribution in [0.15, 0.2) is 11.0 Å². The van der Waals surface area contributed by atoms with Crippen molar-refractivity contribution >= 4 is 37.8 Å². The number of carbonyl (C=O) groups excluding carboxylic acids is 1. The first-order chi connectivity index (χ1) is 8.51. The van der Waals surface area contributed by atoms with Gasteiger partial charge in [-0.3, -0.25) is 9.48 Å². The number of esters is 1. The van der Waals surface area contributed by atoms with Crippen LogP contribution in [0, 0.1) is 0 Å². The lowest BCUT2D eigenvalue weighted by Crippen LogP contribution is -2.26. The molecular formula is C10H11ClN3O3P. The SMILES string of the molecule is COC(=O)c1c(Cl)c2nn(C)cc2n(CP)c1=O. The quantitative estimate of drug-likeness (QED) is 0.611. The largest absolute Gasteiger partial charge is 0.465 e. The molecule has 1 unspecified atom stereocenters. The highest BCUT2D eigenvalue weighted by Crippen LogP contribution is 2.24. The summed E-state index contributed by atoms with van der Waals surface area (Å²) in [4.78, 5) is 23.8. The van der Waals surface area contributed by atoms with Crippen molar-refractivity contribution in [3.05, 3.63) is 27.1 Å². The van der Waals surface area contributed by atoms with Crippen LogP contribution < -0.4 is 5.56 Å². The number of halogens is 1. The molecule has 2 rings (SSSR count). The van der Waals surface area contributed by atoms with Crippen molar-refractivity contribution in [2.24, 2.45) is 7.05 Å². The Morgan fingerprint density at radius 1 is 1.61 bits per heavy atom. The highest BCUT2D eigenvalue weighted by atomic mass is 35.5. The first-order valence-electron chi connectivity index (χ1n) is 5.05. The van der Waals surface area contributed by atoms with Crippen LogP contribution >= 0.6 is 20.8 Å². The van der Waals surface area contributed by atoms with Gasteiger partial charge in [0.25, 0.3) is 5.56 Å². The zero-order chi connectivity index (χ0) is 13.4. The van der Waals surface area contributed by atoms with Crippen molar-refractivity contribution in [3.8, 4) is 0 Å². The smallest absolute Gasteiger partial charge is 0.345 e. The average Bonchev–Trinajstić information content (AvgIpc) is 2.71. The van der Waals surface area contributed by atoms with E-state index >= 15 is 0 Å². The minimum atomic E-state index is -0.759. The number of aromatic nitrogens is 3. The summed E-state index contributed by atoms with van der Waals surface area (Å²) in [5, 5.41) is 4.17. The number of hydrogen-bond acceptors (Lipinski definition) is 4. The van der Waals surface area contributed by atoms with E-state index in [1.165, 1.54) is 16.4 Å².